The number of H-pyrrole nitrogens is 1. The van der Waals surface area contributed by atoms with E-state index in [2.05, 4.69) is 4.98 Å². The molecule has 0 fully saturated rings. The van der Waals surface area contributed by atoms with Crippen molar-refractivity contribution in [3.05, 3.63) is 75.0 Å². The topological polar surface area (TPSA) is 79.4 Å². The van der Waals surface area contributed by atoms with Crippen molar-refractivity contribution >= 4 is 17.3 Å². The highest BCUT2D eigenvalue weighted by Crippen LogP contribution is 2.34. The fourth-order valence-corrected chi connectivity index (χ4v) is 3.43. The van der Waals surface area contributed by atoms with Crippen LogP contribution >= 0.6 is 11.3 Å². The SMILES string of the molecule is Cc1cc(-c2c(OCc3ccccc3)cc[nH]c2=O)sc1C(=O)O. The van der Waals surface area contributed by atoms with Gasteiger partial charge >= 0.3 is 5.97 Å². The predicted molar refractivity (Wildman–Crippen MR) is 92.8 cm³/mol. The number of aryl methyl sites for hydroxylation is 1. The molecule has 6 heteroatoms. The van der Waals surface area contributed by atoms with Crippen LogP contribution in [-0.2, 0) is 6.61 Å². The van der Waals surface area contributed by atoms with E-state index < -0.39 is 5.97 Å². The van der Waals surface area contributed by atoms with Crippen molar-refractivity contribution in [3.8, 4) is 16.2 Å². The molecule has 2 heterocycles. The molecule has 2 aromatic heterocycles. The Kier molecular flexibility index (Phi) is 4.48. The van der Waals surface area contributed by atoms with Crippen LogP contribution in [0.3, 0.4) is 0 Å². The molecule has 3 rings (SSSR count). The zero-order valence-electron chi connectivity index (χ0n) is 12.9. The maximum Gasteiger partial charge on any atom is 0.346 e. The number of aromatic nitrogens is 1. The second kappa shape index (κ2) is 6.72. The van der Waals surface area contributed by atoms with Gasteiger partial charge in [-0.3, -0.25) is 4.79 Å². The first kappa shape index (κ1) is 16.0. The molecule has 0 saturated heterocycles. The number of carboxylic acids is 1. The number of hydrogen-bond donors (Lipinski definition) is 2. The van der Waals surface area contributed by atoms with Crippen molar-refractivity contribution in [2.75, 3.05) is 0 Å². The van der Waals surface area contributed by atoms with Gasteiger partial charge in [0.1, 0.15) is 17.2 Å². The van der Waals surface area contributed by atoms with E-state index in [1.165, 1.54) is 6.20 Å². The van der Waals surface area contributed by atoms with Crippen molar-refractivity contribution in [1.82, 2.24) is 4.98 Å². The second-order valence-electron chi connectivity index (χ2n) is 5.25. The second-order valence-corrected chi connectivity index (χ2v) is 6.30. The highest BCUT2D eigenvalue weighted by Gasteiger charge is 2.18. The van der Waals surface area contributed by atoms with Crippen LogP contribution in [0, 0.1) is 6.92 Å². The van der Waals surface area contributed by atoms with Crippen molar-refractivity contribution in [3.63, 3.8) is 0 Å². The summed E-state index contributed by atoms with van der Waals surface area (Å²) in [6.45, 7) is 2.04. The third-order valence-electron chi connectivity index (χ3n) is 3.52. The Hall–Kier alpha value is -2.86. The molecule has 0 saturated carbocycles. The summed E-state index contributed by atoms with van der Waals surface area (Å²) in [7, 11) is 0. The van der Waals surface area contributed by atoms with E-state index in [-0.39, 0.29) is 10.4 Å². The number of pyridine rings is 1. The maximum absolute atomic E-state index is 12.3. The van der Waals surface area contributed by atoms with Gasteiger partial charge in [0, 0.05) is 11.1 Å². The van der Waals surface area contributed by atoms with Gasteiger partial charge in [-0.2, -0.15) is 0 Å². The van der Waals surface area contributed by atoms with Crippen LogP contribution in [-0.4, -0.2) is 16.1 Å². The number of thiophene rings is 1. The van der Waals surface area contributed by atoms with Gasteiger partial charge in [-0.25, -0.2) is 4.79 Å². The van der Waals surface area contributed by atoms with E-state index in [1.54, 1.807) is 19.1 Å². The molecule has 122 valence electrons. The smallest absolute Gasteiger partial charge is 0.346 e. The van der Waals surface area contributed by atoms with Gasteiger partial charge in [0.05, 0.1) is 5.56 Å². The van der Waals surface area contributed by atoms with Crippen LogP contribution in [0.5, 0.6) is 5.75 Å². The van der Waals surface area contributed by atoms with E-state index in [9.17, 15) is 14.7 Å². The van der Waals surface area contributed by atoms with Crippen LogP contribution in [0.1, 0.15) is 20.8 Å². The Morgan fingerprint density at radius 1 is 1.25 bits per heavy atom. The van der Waals surface area contributed by atoms with Crippen LogP contribution in [0.2, 0.25) is 0 Å². The first-order chi connectivity index (χ1) is 11.6. The van der Waals surface area contributed by atoms with E-state index in [4.69, 9.17) is 4.74 Å². The molecule has 0 aliphatic rings. The summed E-state index contributed by atoms with van der Waals surface area (Å²) in [6, 6.07) is 13.0. The summed E-state index contributed by atoms with van der Waals surface area (Å²) in [6.07, 6.45) is 1.52. The fourth-order valence-electron chi connectivity index (χ4n) is 2.37. The Bertz CT molecular complexity index is 928. The minimum Gasteiger partial charge on any atom is -0.488 e. The molecule has 5 nitrogen and oxygen atoms in total. The average Bonchev–Trinajstić information content (AvgIpc) is 2.95. The zero-order chi connectivity index (χ0) is 17.1. The summed E-state index contributed by atoms with van der Waals surface area (Å²) in [4.78, 5) is 26.9. The molecule has 0 spiro atoms. The molecule has 2 N–H and O–H groups in total. The molecule has 0 unspecified atom stereocenters. The van der Waals surface area contributed by atoms with Crippen LogP contribution in [0.4, 0.5) is 0 Å². The highest BCUT2D eigenvalue weighted by atomic mass is 32.1. The summed E-state index contributed by atoms with van der Waals surface area (Å²) in [5.74, 6) is -0.566. The monoisotopic (exact) mass is 341 g/mol. The number of hydrogen-bond acceptors (Lipinski definition) is 4. The lowest BCUT2D eigenvalue weighted by Crippen LogP contribution is -2.10. The van der Waals surface area contributed by atoms with Gasteiger partial charge < -0.3 is 14.8 Å². The van der Waals surface area contributed by atoms with E-state index >= 15 is 0 Å². The molecule has 24 heavy (non-hydrogen) atoms. The lowest BCUT2D eigenvalue weighted by molar-refractivity contribution is 0.0701. The first-order valence-corrected chi connectivity index (χ1v) is 8.10. The Morgan fingerprint density at radius 2 is 2.00 bits per heavy atom. The van der Waals surface area contributed by atoms with Gasteiger partial charge in [0.15, 0.2) is 0 Å². The van der Waals surface area contributed by atoms with Crippen molar-refractivity contribution in [2.45, 2.75) is 13.5 Å². The van der Waals surface area contributed by atoms with Gasteiger partial charge in [0.25, 0.3) is 5.56 Å². The number of benzene rings is 1. The number of carboxylic acid groups (broad SMARTS) is 1. The van der Waals surface area contributed by atoms with Gasteiger partial charge in [-0.1, -0.05) is 30.3 Å². The predicted octanol–water partition coefficient (Wildman–Crippen LogP) is 3.69. The first-order valence-electron chi connectivity index (χ1n) is 7.29. The fraction of sp³-hybridized carbons (Fsp3) is 0.111. The summed E-state index contributed by atoms with van der Waals surface area (Å²) < 4.78 is 5.81. The largest absolute Gasteiger partial charge is 0.488 e. The number of nitrogens with one attached hydrogen (secondary N) is 1. The van der Waals surface area contributed by atoms with Gasteiger partial charge in [-0.15, -0.1) is 11.3 Å². The normalized spacial score (nSPS) is 10.5. The lowest BCUT2D eigenvalue weighted by Gasteiger charge is -2.09. The molecule has 0 aliphatic carbocycles. The maximum atomic E-state index is 12.3. The number of ether oxygens (including phenoxy) is 1. The van der Waals surface area contributed by atoms with Crippen LogP contribution in [0.25, 0.3) is 10.4 Å². The number of rotatable bonds is 5. The molecular formula is C18H15NO4S. The van der Waals surface area contributed by atoms with Crippen LogP contribution < -0.4 is 10.3 Å². The highest BCUT2D eigenvalue weighted by molar-refractivity contribution is 7.17. The third-order valence-corrected chi connectivity index (χ3v) is 4.76. The lowest BCUT2D eigenvalue weighted by atomic mass is 10.2. The number of aromatic carboxylic acids is 1. The van der Waals surface area contributed by atoms with Crippen LogP contribution in [0.15, 0.2) is 53.5 Å². The summed E-state index contributed by atoms with van der Waals surface area (Å²) in [5, 5.41) is 9.21. The van der Waals surface area contributed by atoms with Gasteiger partial charge in [0.2, 0.25) is 0 Å². The average molecular weight is 341 g/mol. The molecule has 1 aromatic carbocycles. The molecule has 0 radical (unpaired) electrons. The van der Waals surface area contributed by atoms with E-state index in [0.717, 1.165) is 16.9 Å². The minimum absolute atomic E-state index is 0.224. The summed E-state index contributed by atoms with van der Waals surface area (Å²) >= 11 is 1.07. The Labute approximate surface area is 142 Å². The Balaban J connectivity index is 1.97. The number of carbonyl (C=O) groups is 1. The minimum atomic E-state index is -0.997. The van der Waals surface area contributed by atoms with Crippen molar-refractivity contribution < 1.29 is 14.6 Å². The third kappa shape index (κ3) is 3.23. The molecule has 0 bridgehead atoms. The Morgan fingerprint density at radius 3 is 2.67 bits per heavy atom. The molecular weight excluding hydrogens is 326 g/mol. The molecule has 0 aliphatic heterocycles. The van der Waals surface area contributed by atoms with Crippen molar-refractivity contribution in [2.24, 2.45) is 0 Å². The van der Waals surface area contributed by atoms with Gasteiger partial charge in [-0.05, 0) is 30.2 Å². The van der Waals surface area contributed by atoms with E-state index in [1.807, 2.05) is 30.3 Å². The standard InChI is InChI=1S/C18H15NO4S/c1-11-9-14(24-16(11)18(21)22)15-13(7-8-19-17(15)20)23-10-12-5-3-2-4-6-12/h2-9H,10H2,1H3,(H,19,20)(H,21,22). The quantitative estimate of drug-likeness (QED) is 0.742. The number of aromatic amines is 1. The van der Waals surface area contributed by atoms with E-state index in [0.29, 0.717) is 28.4 Å². The van der Waals surface area contributed by atoms with Crippen molar-refractivity contribution in [1.29, 1.82) is 0 Å². The summed E-state index contributed by atoms with van der Waals surface area (Å²) in [5.41, 5.74) is 1.66. The molecule has 0 atom stereocenters. The zero-order valence-corrected chi connectivity index (χ0v) is 13.7. The molecule has 3 aromatic rings. The molecule has 0 amide bonds.